The van der Waals surface area contributed by atoms with Gasteiger partial charge in [0.05, 0.1) is 6.54 Å². The highest BCUT2D eigenvalue weighted by atomic mass is 19.3. The molecule has 1 N–H and O–H groups in total. The molecule has 1 aromatic rings. The third-order valence-corrected chi connectivity index (χ3v) is 2.31. The van der Waals surface area contributed by atoms with E-state index >= 15 is 0 Å². The van der Waals surface area contributed by atoms with Gasteiger partial charge in [0.1, 0.15) is 11.5 Å². The van der Waals surface area contributed by atoms with E-state index in [1.807, 2.05) is 20.8 Å². The van der Waals surface area contributed by atoms with E-state index in [1.54, 1.807) is 0 Å². The van der Waals surface area contributed by atoms with Gasteiger partial charge < -0.3 is 9.73 Å². The summed E-state index contributed by atoms with van der Waals surface area (Å²) < 4.78 is 29.1. The van der Waals surface area contributed by atoms with Crippen LogP contribution in [0.2, 0.25) is 0 Å². The normalized spacial score (nSPS) is 11.3. The van der Waals surface area contributed by atoms with Crippen LogP contribution in [0, 0.1) is 20.8 Å². The zero-order valence-corrected chi connectivity index (χ0v) is 8.66. The van der Waals surface area contributed by atoms with Crippen LogP contribution in [0.25, 0.3) is 0 Å². The second-order valence-corrected chi connectivity index (χ2v) is 3.34. The van der Waals surface area contributed by atoms with E-state index in [9.17, 15) is 8.78 Å². The Labute approximate surface area is 82.3 Å². The molecule has 0 fully saturated rings. The van der Waals surface area contributed by atoms with E-state index in [0.29, 0.717) is 6.54 Å². The average Bonchev–Trinajstić information content (AvgIpc) is 2.31. The quantitative estimate of drug-likeness (QED) is 0.813. The Bertz CT molecular complexity index is 307. The Balaban J connectivity index is 2.58. The minimum absolute atomic E-state index is 0.275. The molecular weight excluding hydrogens is 188 g/mol. The van der Waals surface area contributed by atoms with Crippen molar-refractivity contribution in [3.8, 4) is 0 Å². The topological polar surface area (TPSA) is 25.2 Å². The Morgan fingerprint density at radius 2 is 1.86 bits per heavy atom. The predicted octanol–water partition coefficient (Wildman–Crippen LogP) is 2.56. The smallest absolute Gasteiger partial charge is 0.250 e. The Hall–Kier alpha value is -0.900. The van der Waals surface area contributed by atoms with Gasteiger partial charge in [0.2, 0.25) is 0 Å². The molecule has 14 heavy (non-hydrogen) atoms. The lowest BCUT2D eigenvalue weighted by Gasteiger charge is -2.03. The van der Waals surface area contributed by atoms with Crippen molar-refractivity contribution in [3.05, 3.63) is 22.6 Å². The van der Waals surface area contributed by atoms with Gasteiger partial charge in [-0.25, -0.2) is 8.78 Å². The van der Waals surface area contributed by atoms with Crippen LogP contribution in [0.1, 0.15) is 22.6 Å². The molecule has 0 saturated heterocycles. The van der Waals surface area contributed by atoms with Gasteiger partial charge in [-0.15, -0.1) is 0 Å². The summed E-state index contributed by atoms with van der Waals surface area (Å²) in [7, 11) is 0. The maximum absolute atomic E-state index is 11.9. The lowest BCUT2D eigenvalue weighted by atomic mass is 10.1. The summed E-state index contributed by atoms with van der Waals surface area (Å²) in [6.07, 6.45) is -2.30. The minimum atomic E-state index is -2.30. The molecule has 2 nitrogen and oxygen atoms in total. The number of hydrogen-bond donors (Lipinski definition) is 1. The fourth-order valence-corrected chi connectivity index (χ4v) is 1.41. The predicted molar refractivity (Wildman–Crippen MR) is 50.6 cm³/mol. The van der Waals surface area contributed by atoms with E-state index in [-0.39, 0.29) is 6.54 Å². The zero-order valence-electron chi connectivity index (χ0n) is 8.66. The fraction of sp³-hybridized carbons (Fsp3) is 0.600. The van der Waals surface area contributed by atoms with Crippen molar-refractivity contribution in [2.45, 2.75) is 33.7 Å². The molecule has 0 aliphatic heterocycles. The molecule has 80 valence electrons. The molecule has 4 heteroatoms. The molecule has 1 rings (SSSR count). The summed E-state index contributed by atoms with van der Waals surface area (Å²) in [6.45, 7) is 5.83. The summed E-state index contributed by atoms with van der Waals surface area (Å²) >= 11 is 0. The highest BCUT2D eigenvalue weighted by Crippen LogP contribution is 2.20. The van der Waals surface area contributed by atoms with Gasteiger partial charge >= 0.3 is 0 Å². The number of halogens is 2. The van der Waals surface area contributed by atoms with Crippen molar-refractivity contribution >= 4 is 0 Å². The summed E-state index contributed by atoms with van der Waals surface area (Å²) in [5.41, 5.74) is 2.03. The molecule has 0 aromatic carbocycles. The third-order valence-electron chi connectivity index (χ3n) is 2.31. The van der Waals surface area contributed by atoms with Crippen LogP contribution >= 0.6 is 0 Å². The first-order valence-corrected chi connectivity index (χ1v) is 4.56. The summed E-state index contributed by atoms with van der Waals surface area (Å²) in [5.74, 6) is 1.66. The van der Waals surface area contributed by atoms with Gasteiger partial charge in [-0.3, -0.25) is 0 Å². The molecule has 1 aromatic heterocycles. The Morgan fingerprint density at radius 3 is 2.29 bits per heavy atom. The van der Waals surface area contributed by atoms with Crippen molar-refractivity contribution < 1.29 is 13.2 Å². The summed E-state index contributed by atoms with van der Waals surface area (Å²) in [5, 5.41) is 2.69. The fourth-order valence-electron chi connectivity index (χ4n) is 1.41. The van der Waals surface area contributed by atoms with Crippen LogP contribution < -0.4 is 5.32 Å². The molecule has 1 heterocycles. The van der Waals surface area contributed by atoms with Crippen LogP contribution in [0.5, 0.6) is 0 Å². The first kappa shape index (κ1) is 11.2. The summed E-state index contributed by atoms with van der Waals surface area (Å²) in [6, 6.07) is 0. The van der Waals surface area contributed by atoms with E-state index in [0.717, 1.165) is 22.6 Å². The van der Waals surface area contributed by atoms with E-state index in [4.69, 9.17) is 4.42 Å². The molecule has 0 unspecified atom stereocenters. The number of rotatable bonds is 4. The second-order valence-electron chi connectivity index (χ2n) is 3.34. The lowest BCUT2D eigenvalue weighted by Crippen LogP contribution is -2.21. The maximum Gasteiger partial charge on any atom is 0.250 e. The molecule has 0 radical (unpaired) electrons. The molecular formula is C10H15F2NO. The van der Waals surface area contributed by atoms with Crippen LogP contribution in [-0.4, -0.2) is 13.0 Å². The number of hydrogen-bond acceptors (Lipinski definition) is 2. The minimum Gasteiger partial charge on any atom is -0.466 e. The van der Waals surface area contributed by atoms with E-state index in [1.165, 1.54) is 0 Å². The largest absolute Gasteiger partial charge is 0.466 e. The lowest BCUT2D eigenvalue weighted by molar-refractivity contribution is 0.145. The van der Waals surface area contributed by atoms with Gasteiger partial charge in [0.25, 0.3) is 6.43 Å². The molecule has 0 aliphatic rings. The van der Waals surface area contributed by atoms with Gasteiger partial charge in [0, 0.05) is 12.1 Å². The Morgan fingerprint density at radius 1 is 1.21 bits per heavy atom. The molecule has 0 aliphatic carbocycles. The molecule has 0 spiro atoms. The van der Waals surface area contributed by atoms with E-state index in [2.05, 4.69) is 5.32 Å². The third kappa shape index (κ3) is 2.54. The van der Waals surface area contributed by atoms with E-state index < -0.39 is 6.43 Å². The number of nitrogens with one attached hydrogen (secondary N) is 1. The monoisotopic (exact) mass is 203 g/mol. The van der Waals surface area contributed by atoms with Gasteiger partial charge in [-0.1, -0.05) is 0 Å². The summed E-state index contributed by atoms with van der Waals surface area (Å²) in [4.78, 5) is 0. The van der Waals surface area contributed by atoms with Crippen LogP contribution in [-0.2, 0) is 6.54 Å². The highest BCUT2D eigenvalue weighted by Gasteiger charge is 2.11. The molecule has 0 amide bonds. The van der Waals surface area contributed by atoms with Crippen LogP contribution in [0.15, 0.2) is 4.42 Å². The number of alkyl halides is 2. The van der Waals surface area contributed by atoms with Crippen molar-refractivity contribution in [2.24, 2.45) is 0 Å². The van der Waals surface area contributed by atoms with Crippen molar-refractivity contribution in [1.82, 2.24) is 5.32 Å². The zero-order chi connectivity index (χ0) is 10.7. The molecule has 0 bridgehead atoms. The van der Waals surface area contributed by atoms with Crippen molar-refractivity contribution in [1.29, 1.82) is 0 Å². The van der Waals surface area contributed by atoms with Crippen molar-refractivity contribution in [2.75, 3.05) is 6.54 Å². The van der Waals surface area contributed by atoms with Crippen molar-refractivity contribution in [3.63, 3.8) is 0 Å². The molecule has 0 atom stereocenters. The first-order valence-electron chi connectivity index (χ1n) is 4.56. The van der Waals surface area contributed by atoms with Gasteiger partial charge in [0.15, 0.2) is 0 Å². The standard InChI is InChI=1S/C10H15F2NO/c1-6-7(2)14-8(3)9(6)4-13-5-10(11)12/h10,13H,4-5H2,1-3H3. The SMILES string of the molecule is Cc1oc(C)c(CNCC(F)F)c1C. The number of furan rings is 1. The van der Waals surface area contributed by atoms with Crippen LogP contribution in [0.3, 0.4) is 0 Å². The second kappa shape index (κ2) is 4.55. The number of aryl methyl sites for hydroxylation is 2. The first-order chi connectivity index (χ1) is 6.52. The Kier molecular flexibility index (Phi) is 3.63. The highest BCUT2D eigenvalue weighted by molar-refractivity contribution is 5.31. The molecule has 0 saturated carbocycles. The van der Waals surface area contributed by atoms with Crippen LogP contribution in [0.4, 0.5) is 8.78 Å². The maximum atomic E-state index is 11.9. The van der Waals surface area contributed by atoms with Gasteiger partial charge in [-0.2, -0.15) is 0 Å². The van der Waals surface area contributed by atoms with Gasteiger partial charge in [-0.05, 0) is 26.3 Å². The average molecular weight is 203 g/mol.